The molecule has 7 nitrogen and oxygen atoms in total. The number of carbonyl (C=O) groups is 2. The highest BCUT2D eigenvalue weighted by atomic mass is 35.5. The maximum Gasteiger partial charge on any atom is 0.226 e. The monoisotopic (exact) mass is 358 g/mol. The lowest BCUT2D eigenvalue weighted by atomic mass is 10.3. The van der Waals surface area contributed by atoms with Crippen molar-refractivity contribution in [3.63, 3.8) is 0 Å². The number of anilines is 1. The van der Waals surface area contributed by atoms with Crippen molar-refractivity contribution in [1.29, 1.82) is 0 Å². The van der Waals surface area contributed by atoms with Crippen LogP contribution < -0.4 is 16.4 Å². The molecule has 0 spiro atoms. The minimum Gasteiger partial charge on any atom is -0.458 e. The van der Waals surface area contributed by atoms with E-state index in [9.17, 15) is 9.59 Å². The molecule has 2 amide bonds. The zero-order valence-corrected chi connectivity index (χ0v) is 14.3. The van der Waals surface area contributed by atoms with Crippen molar-refractivity contribution >= 4 is 40.7 Å². The molecular weight excluding hydrogens is 340 g/mol. The standard InChI is InChI=1S/C14H18N4O3S.ClH/c1-9(19)16-7-10-4-5-12(21-10)11-8-22-14(17-11)18-13(20)3-2-6-15;/h4-5,8H,2-3,6-7,15H2,1H3,(H,16,19)(H,17,18,20);1H. The number of hydrogen-bond acceptors (Lipinski definition) is 6. The highest BCUT2D eigenvalue weighted by Crippen LogP contribution is 2.26. The van der Waals surface area contributed by atoms with E-state index in [1.54, 1.807) is 17.5 Å². The second kappa shape index (κ2) is 9.29. The van der Waals surface area contributed by atoms with Gasteiger partial charge in [-0.15, -0.1) is 23.7 Å². The molecule has 9 heteroatoms. The third-order valence-electron chi connectivity index (χ3n) is 2.78. The van der Waals surface area contributed by atoms with E-state index in [0.29, 0.717) is 48.3 Å². The van der Waals surface area contributed by atoms with E-state index in [1.165, 1.54) is 18.3 Å². The first-order valence-corrected chi connectivity index (χ1v) is 7.75. The summed E-state index contributed by atoms with van der Waals surface area (Å²) in [5, 5.41) is 7.72. The minimum atomic E-state index is -0.117. The van der Waals surface area contributed by atoms with Crippen molar-refractivity contribution in [2.24, 2.45) is 5.73 Å². The average molecular weight is 359 g/mol. The molecule has 126 valence electrons. The van der Waals surface area contributed by atoms with Gasteiger partial charge in [0, 0.05) is 18.7 Å². The normalized spacial score (nSPS) is 10.0. The van der Waals surface area contributed by atoms with E-state index >= 15 is 0 Å². The third kappa shape index (κ3) is 6.01. The second-order valence-corrected chi connectivity index (χ2v) is 5.51. The third-order valence-corrected chi connectivity index (χ3v) is 3.54. The van der Waals surface area contributed by atoms with Gasteiger partial charge in [0.25, 0.3) is 0 Å². The van der Waals surface area contributed by atoms with Crippen LogP contribution in [0.4, 0.5) is 5.13 Å². The number of rotatable bonds is 7. The van der Waals surface area contributed by atoms with Crippen molar-refractivity contribution in [2.75, 3.05) is 11.9 Å². The van der Waals surface area contributed by atoms with Crippen LogP contribution in [0.25, 0.3) is 11.5 Å². The fourth-order valence-corrected chi connectivity index (χ4v) is 2.43. The topological polar surface area (TPSA) is 110 Å². The molecular formula is C14H19ClN4O3S. The minimum absolute atomic E-state index is 0. The predicted octanol–water partition coefficient (Wildman–Crippen LogP) is 2.14. The molecule has 23 heavy (non-hydrogen) atoms. The van der Waals surface area contributed by atoms with Gasteiger partial charge < -0.3 is 20.8 Å². The predicted molar refractivity (Wildman–Crippen MR) is 91.5 cm³/mol. The Morgan fingerprint density at radius 1 is 1.39 bits per heavy atom. The quantitative estimate of drug-likeness (QED) is 0.702. The van der Waals surface area contributed by atoms with Gasteiger partial charge in [0.05, 0.1) is 6.54 Å². The van der Waals surface area contributed by atoms with Gasteiger partial charge in [-0.05, 0) is 25.1 Å². The smallest absolute Gasteiger partial charge is 0.226 e. The molecule has 0 aliphatic carbocycles. The van der Waals surface area contributed by atoms with Gasteiger partial charge in [0.1, 0.15) is 11.5 Å². The van der Waals surface area contributed by atoms with E-state index in [0.717, 1.165) is 0 Å². The highest BCUT2D eigenvalue weighted by molar-refractivity contribution is 7.14. The van der Waals surface area contributed by atoms with Crippen LogP contribution in [0.1, 0.15) is 25.5 Å². The molecule has 0 aliphatic heterocycles. The van der Waals surface area contributed by atoms with Crippen molar-refractivity contribution in [3.8, 4) is 11.5 Å². The van der Waals surface area contributed by atoms with E-state index < -0.39 is 0 Å². The average Bonchev–Trinajstić information content (AvgIpc) is 3.11. The maximum atomic E-state index is 11.6. The van der Waals surface area contributed by atoms with Gasteiger partial charge in [-0.2, -0.15) is 0 Å². The van der Waals surface area contributed by atoms with E-state index in [1.807, 2.05) is 0 Å². The molecule has 4 N–H and O–H groups in total. The molecule has 0 bridgehead atoms. The number of furan rings is 1. The van der Waals surface area contributed by atoms with Crippen LogP contribution in [0.2, 0.25) is 0 Å². The number of nitrogens with one attached hydrogen (secondary N) is 2. The van der Waals surface area contributed by atoms with Crippen molar-refractivity contribution in [2.45, 2.75) is 26.3 Å². The lowest BCUT2D eigenvalue weighted by molar-refractivity contribution is -0.119. The fourth-order valence-electron chi connectivity index (χ4n) is 1.71. The molecule has 0 radical (unpaired) electrons. The van der Waals surface area contributed by atoms with E-state index in [2.05, 4.69) is 15.6 Å². The number of nitrogens with two attached hydrogens (primary N) is 1. The lowest BCUT2D eigenvalue weighted by Crippen LogP contribution is -2.18. The summed E-state index contributed by atoms with van der Waals surface area (Å²) in [6, 6.07) is 3.57. The van der Waals surface area contributed by atoms with Gasteiger partial charge in [-0.3, -0.25) is 9.59 Å². The van der Waals surface area contributed by atoms with Crippen molar-refractivity contribution < 1.29 is 14.0 Å². The van der Waals surface area contributed by atoms with Gasteiger partial charge in [0.2, 0.25) is 11.8 Å². The first-order valence-electron chi connectivity index (χ1n) is 6.87. The SMILES string of the molecule is CC(=O)NCc1ccc(-c2csc(NC(=O)CCCN)n2)o1.Cl. The first kappa shape index (κ1) is 19.1. The van der Waals surface area contributed by atoms with Gasteiger partial charge in [-0.25, -0.2) is 4.98 Å². The molecule has 2 aromatic rings. The number of thiazole rings is 1. The summed E-state index contributed by atoms with van der Waals surface area (Å²) in [4.78, 5) is 26.8. The zero-order chi connectivity index (χ0) is 15.9. The first-order chi connectivity index (χ1) is 10.6. The number of hydrogen-bond donors (Lipinski definition) is 3. The molecule has 0 saturated heterocycles. The second-order valence-electron chi connectivity index (χ2n) is 4.65. The number of halogens is 1. The molecule has 0 unspecified atom stereocenters. The molecule has 0 fully saturated rings. The Hall–Kier alpha value is -1.90. The van der Waals surface area contributed by atoms with Gasteiger partial charge >= 0.3 is 0 Å². The van der Waals surface area contributed by atoms with Crippen molar-refractivity contribution in [1.82, 2.24) is 10.3 Å². The van der Waals surface area contributed by atoms with Crippen LogP contribution in [-0.4, -0.2) is 23.3 Å². The van der Waals surface area contributed by atoms with Crippen molar-refractivity contribution in [3.05, 3.63) is 23.3 Å². The zero-order valence-electron chi connectivity index (χ0n) is 12.6. The summed E-state index contributed by atoms with van der Waals surface area (Å²) in [6.07, 6.45) is 1.03. The molecule has 0 aromatic carbocycles. The number of carbonyl (C=O) groups excluding carboxylic acids is 2. The molecule has 2 rings (SSSR count). The maximum absolute atomic E-state index is 11.6. The molecule has 0 saturated carbocycles. The van der Waals surface area contributed by atoms with Crippen LogP contribution in [-0.2, 0) is 16.1 Å². The summed E-state index contributed by atoms with van der Waals surface area (Å²) in [7, 11) is 0. The summed E-state index contributed by atoms with van der Waals surface area (Å²) in [5.41, 5.74) is 6.01. The lowest BCUT2D eigenvalue weighted by Gasteiger charge is -1.99. The summed E-state index contributed by atoms with van der Waals surface area (Å²) >= 11 is 1.33. The molecule has 2 heterocycles. The summed E-state index contributed by atoms with van der Waals surface area (Å²) in [6.45, 7) is 2.27. The summed E-state index contributed by atoms with van der Waals surface area (Å²) < 4.78 is 5.60. The summed E-state index contributed by atoms with van der Waals surface area (Å²) in [5.74, 6) is 1.03. The van der Waals surface area contributed by atoms with E-state index in [-0.39, 0.29) is 24.2 Å². The fraction of sp³-hybridized carbons (Fsp3) is 0.357. The van der Waals surface area contributed by atoms with Gasteiger partial charge in [0.15, 0.2) is 10.9 Å². The Morgan fingerprint density at radius 3 is 2.87 bits per heavy atom. The Balaban J connectivity index is 0.00000264. The van der Waals surface area contributed by atoms with Crippen LogP contribution in [0.3, 0.4) is 0 Å². The Bertz CT molecular complexity index is 656. The molecule has 2 aromatic heterocycles. The molecule has 0 atom stereocenters. The van der Waals surface area contributed by atoms with Crippen LogP contribution in [0.15, 0.2) is 21.9 Å². The van der Waals surface area contributed by atoms with Crippen LogP contribution >= 0.6 is 23.7 Å². The largest absolute Gasteiger partial charge is 0.458 e. The number of aromatic nitrogens is 1. The Kier molecular flexibility index (Phi) is 7.73. The Labute approximate surface area is 144 Å². The van der Waals surface area contributed by atoms with Gasteiger partial charge in [-0.1, -0.05) is 0 Å². The highest BCUT2D eigenvalue weighted by Gasteiger charge is 2.11. The van der Waals surface area contributed by atoms with E-state index in [4.69, 9.17) is 10.2 Å². The van der Waals surface area contributed by atoms with Crippen LogP contribution in [0, 0.1) is 0 Å². The number of nitrogens with zero attached hydrogens (tertiary/aromatic N) is 1. The van der Waals surface area contributed by atoms with Crippen LogP contribution in [0.5, 0.6) is 0 Å². The number of amides is 2. The molecule has 0 aliphatic rings. The Morgan fingerprint density at radius 2 is 2.17 bits per heavy atom.